The largest absolute Gasteiger partial charge is 0.366 e. The summed E-state index contributed by atoms with van der Waals surface area (Å²) in [5.74, 6) is -0.396. The summed E-state index contributed by atoms with van der Waals surface area (Å²) < 4.78 is 0. The summed E-state index contributed by atoms with van der Waals surface area (Å²) in [7, 11) is 0. The third-order valence-electron chi connectivity index (χ3n) is 2.92. The lowest BCUT2D eigenvalue weighted by molar-refractivity contribution is 0.0998. The van der Waals surface area contributed by atoms with Crippen LogP contribution in [0.4, 0.5) is 5.69 Å². The Balaban J connectivity index is 1.74. The van der Waals surface area contributed by atoms with Gasteiger partial charge in [-0.1, -0.05) is 0 Å². The van der Waals surface area contributed by atoms with Crippen LogP contribution in [0.2, 0.25) is 0 Å². The Morgan fingerprint density at radius 1 is 1.09 bits per heavy atom. The average Bonchev–Trinajstić information content (AvgIpc) is 3.06. The molecule has 0 aliphatic heterocycles. The second-order valence-electron chi connectivity index (χ2n) is 4.51. The van der Waals surface area contributed by atoms with Gasteiger partial charge in [0.05, 0.1) is 0 Å². The average molecular weight is 325 g/mol. The fraction of sp³-hybridized carbons (Fsp3) is 0. The first-order chi connectivity index (χ1) is 11.1. The number of rotatable bonds is 4. The van der Waals surface area contributed by atoms with Crippen LogP contribution in [0, 0.1) is 0 Å². The Hall–Kier alpha value is -3.13. The van der Waals surface area contributed by atoms with E-state index in [1.54, 1.807) is 48.1 Å². The number of hydrogen-bond acceptors (Lipinski definition) is 6. The van der Waals surface area contributed by atoms with Gasteiger partial charge in [-0.2, -0.15) is 0 Å². The first kappa shape index (κ1) is 14.8. The number of nitrogens with one attached hydrogen (secondary N) is 1. The number of aromatic nitrogens is 3. The van der Waals surface area contributed by atoms with Crippen LogP contribution in [0.1, 0.15) is 20.8 Å². The summed E-state index contributed by atoms with van der Waals surface area (Å²) in [5, 5.41) is 4.91. The Kier molecular flexibility index (Phi) is 4.07. The lowest BCUT2D eigenvalue weighted by Crippen LogP contribution is -2.13. The number of carbonyl (C=O) groups excluding carboxylic acids is 2. The summed E-state index contributed by atoms with van der Waals surface area (Å²) in [4.78, 5) is 35.6. The lowest BCUT2D eigenvalue weighted by Gasteiger charge is -2.03. The number of anilines is 1. The standard InChI is InChI=1S/C15H11N5O2S/c16-12(21)9-2-4-10(5-3-9)19-14(22)11-8-23-15(20-11)13-17-6-1-7-18-13/h1-8H,(H2,16,21)(H,19,22). The Bertz CT molecular complexity index is 846. The highest BCUT2D eigenvalue weighted by Crippen LogP contribution is 2.20. The number of amides is 2. The van der Waals surface area contributed by atoms with E-state index in [-0.39, 0.29) is 11.6 Å². The van der Waals surface area contributed by atoms with Crippen LogP contribution in [-0.2, 0) is 0 Å². The highest BCUT2D eigenvalue weighted by molar-refractivity contribution is 7.13. The van der Waals surface area contributed by atoms with Crippen molar-refractivity contribution in [3.05, 3.63) is 59.4 Å². The minimum Gasteiger partial charge on any atom is -0.366 e. The third kappa shape index (κ3) is 3.38. The van der Waals surface area contributed by atoms with Gasteiger partial charge in [-0.15, -0.1) is 11.3 Å². The molecule has 0 saturated heterocycles. The zero-order chi connectivity index (χ0) is 16.2. The van der Waals surface area contributed by atoms with E-state index in [0.29, 0.717) is 22.1 Å². The molecule has 1 aromatic carbocycles. The molecule has 3 N–H and O–H groups in total. The summed E-state index contributed by atoms with van der Waals surface area (Å²) in [6, 6.07) is 8.00. The molecule has 2 amide bonds. The number of carbonyl (C=O) groups is 2. The van der Waals surface area contributed by atoms with Crippen molar-refractivity contribution in [1.82, 2.24) is 15.0 Å². The van der Waals surface area contributed by atoms with E-state index in [1.165, 1.54) is 11.3 Å². The smallest absolute Gasteiger partial charge is 0.275 e. The minimum absolute atomic E-state index is 0.274. The van der Waals surface area contributed by atoms with Gasteiger partial charge in [0.15, 0.2) is 10.8 Å². The SMILES string of the molecule is NC(=O)c1ccc(NC(=O)c2csc(-c3ncccn3)n2)cc1. The second-order valence-corrected chi connectivity index (χ2v) is 5.36. The molecular weight excluding hydrogens is 314 g/mol. The predicted molar refractivity (Wildman–Crippen MR) is 86.1 cm³/mol. The zero-order valence-electron chi connectivity index (χ0n) is 11.8. The predicted octanol–water partition coefficient (Wildman–Crippen LogP) is 1.95. The van der Waals surface area contributed by atoms with Gasteiger partial charge in [-0.3, -0.25) is 9.59 Å². The van der Waals surface area contributed by atoms with E-state index in [1.807, 2.05) is 0 Å². The topological polar surface area (TPSA) is 111 Å². The van der Waals surface area contributed by atoms with E-state index in [4.69, 9.17) is 5.73 Å². The van der Waals surface area contributed by atoms with Gasteiger partial charge in [-0.05, 0) is 30.3 Å². The molecule has 114 valence electrons. The first-order valence-corrected chi connectivity index (χ1v) is 7.45. The Morgan fingerprint density at radius 3 is 2.43 bits per heavy atom. The van der Waals surface area contributed by atoms with Crippen molar-refractivity contribution in [3.63, 3.8) is 0 Å². The second kappa shape index (κ2) is 6.32. The molecule has 0 unspecified atom stereocenters. The number of benzene rings is 1. The molecule has 8 heteroatoms. The van der Waals surface area contributed by atoms with Crippen molar-refractivity contribution < 1.29 is 9.59 Å². The minimum atomic E-state index is -0.519. The van der Waals surface area contributed by atoms with Gasteiger partial charge < -0.3 is 11.1 Å². The normalized spacial score (nSPS) is 10.3. The van der Waals surface area contributed by atoms with Gasteiger partial charge in [0, 0.05) is 29.0 Å². The van der Waals surface area contributed by atoms with E-state index < -0.39 is 5.91 Å². The van der Waals surface area contributed by atoms with Crippen LogP contribution < -0.4 is 11.1 Å². The number of nitrogens with zero attached hydrogens (tertiary/aromatic N) is 3. The number of primary amides is 1. The molecule has 3 aromatic rings. The fourth-order valence-electron chi connectivity index (χ4n) is 1.80. The van der Waals surface area contributed by atoms with Crippen molar-refractivity contribution >= 4 is 28.8 Å². The van der Waals surface area contributed by atoms with Crippen molar-refractivity contribution in [2.24, 2.45) is 5.73 Å². The van der Waals surface area contributed by atoms with E-state index in [2.05, 4.69) is 20.3 Å². The molecule has 3 rings (SSSR count). The van der Waals surface area contributed by atoms with Gasteiger partial charge in [-0.25, -0.2) is 15.0 Å². The molecule has 0 aliphatic carbocycles. The molecule has 7 nitrogen and oxygen atoms in total. The molecule has 2 heterocycles. The summed E-state index contributed by atoms with van der Waals surface area (Å²) in [6.07, 6.45) is 3.23. The van der Waals surface area contributed by atoms with Crippen molar-refractivity contribution in [2.75, 3.05) is 5.32 Å². The maximum absolute atomic E-state index is 12.2. The van der Waals surface area contributed by atoms with E-state index >= 15 is 0 Å². The van der Waals surface area contributed by atoms with Gasteiger partial charge in [0.2, 0.25) is 5.91 Å². The van der Waals surface area contributed by atoms with E-state index in [9.17, 15) is 9.59 Å². The molecule has 0 fully saturated rings. The van der Waals surface area contributed by atoms with Crippen LogP contribution >= 0.6 is 11.3 Å². The number of hydrogen-bond donors (Lipinski definition) is 2. The van der Waals surface area contributed by atoms with E-state index in [0.717, 1.165) is 0 Å². The zero-order valence-corrected chi connectivity index (χ0v) is 12.6. The monoisotopic (exact) mass is 325 g/mol. The number of nitrogens with two attached hydrogens (primary N) is 1. The van der Waals surface area contributed by atoms with Crippen molar-refractivity contribution in [3.8, 4) is 10.8 Å². The highest BCUT2D eigenvalue weighted by atomic mass is 32.1. The lowest BCUT2D eigenvalue weighted by atomic mass is 10.2. The van der Waals surface area contributed by atoms with Gasteiger partial charge >= 0.3 is 0 Å². The molecule has 0 saturated carbocycles. The van der Waals surface area contributed by atoms with Crippen LogP contribution in [0.15, 0.2) is 48.1 Å². The van der Waals surface area contributed by atoms with Crippen LogP contribution in [0.25, 0.3) is 10.8 Å². The molecule has 0 aliphatic rings. The van der Waals surface area contributed by atoms with Gasteiger partial charge in [0.25, 0.3) is 5.91 Å². The molecule has 0 radical (unpaired) electrons. The summed E-state index contributed by atoms with van der Waals surface area (Å²) in [5.41, 5.74) is 6.36. The highest BCUT2D eigenvalue weighted by Gasteiger charge is 2.13. The van der Waals surface area contributed by atoms with Crippen LogP contribution in [0.5, 0.6) is 0 Å². The van der Waals surface area contributed by atoms with Crippen LogP contribution in [0.3, 0.4) is 0 Å². The quantitative estimate of drug-likeness (QED) is 0.761. The van der Waals surface area contributed by atoms with Crippen LogP contribution in [-0.4, -0.2) is 26.8 Å². The van der Waals surface area contributed by atoms with Crippen molar-refractivity contribution in [2.45, 2.75) is 0 Å². The summed E-state index contributed by atoms with van der Waals surface area (Å²) in [6.45, 7) is 0. The summed E-state index contributed by atoms with van der Waals surface area (Å²) >= 11 is 1.29. The fourth-order valence-corrected chi connectivity index (χ4v) is 2.55. The third-order valence-corrected chi connectivity index (χ3v) is 3.76. The molecule has 0 spiro atoms. The molecule has 2 aromatic heterocycles. The molecule has 23 heavy (non-hydrogen) atoms. The molecule has 0 atom stereocenters. The molecule has 0 bridgehead atoms. The molecular formula is C15H11N5O2S. The maximum Gasteiger partial charge on any atom is 0.275 e. The van der Waals surface area contributed by atoms with Gasteiger partial charge in [0.1, 0.15) is 5.69 Å². The Labute approximate surface area is 135 Å². The Morgan fingerprint density at radius 2 is 1.78 bits per heavy atom. The maximum atomic E-state index is 12.2. The van der Waals surface area contributed by atoms with Crippen molar-refractivity contribution in [1.29, 1.82) is 0 Å². The number of thiazole rings is 1. The first-order valence-electron chi connectivity index (χ1n) is 6.57.